The minimum absolute atomic E-state index is 0.814. The van der Waals surface area contributed by atoms with E-state index in [-0.39, 0.29) is 0 Å². The Hall–Kier alpha value is -10.8. The number of fused-ring (bicyclic) bond motifs is 1. The second-order valence-corrected chi connectivity index (χ2v) is 23.4. The number of hydrogen-bond acceptors (Lipinski definition) is 2. The summed E-state index contributed by atoms with van der Waals surface area (Å²) in [6, 6.07) is 60.0. The lowest BCUT2D eigenvalue weighted by molar-refractivity contribution is 0.927. The largest absolute Gasteiger partial charge is 0.317 e. The van der Waals surface area contributed by atoms with Crippen molar-refractivity contribution in [2.75, 3.05) is 4.90 Å². The first-order chi connectivity index (χ1) is 46.6. The van der Waals surface area contributed by atoms with E-state index in [2.05, 4.69) is 296 Å². The maximum atomic E-state index is 5.01. The SMILES string of the molecule is C#C.C/C=C\C.C=C/C=C\Cc1c2c(n(-c3cc(-c4ccc(-c5cncc(-c6cc(-c7ccc8cc/c(=C/C)c9c(CC)ccc7c89)cc(-c7ccc8ccc9cccc%10ccc7c8c9%10)c6)c5)cc4)cc(N(C=C(C)C)C(/C=C\C)=C/C=C)c3)c1C)CC=CC=C2.CC.CC. The molecule has 13 rings (SSSR count). The van der Waals surface area contributed by atoms with Crippen LogP contribution in [-0.4, -0.2) is 9.55 Å². The van der Waals surface area contributed by atoms with Crippen molar-refractivity contribution in [1.82, 2.24) is 9.55 Å². The molecule has 0 atom stereocenters. The van der Waals surface area contributed by atoms with Gasteiger partial charge in [0.2, 0.25) is 0 Å². The van der Waals surface area contributed by atoms with E-state index >= 15 is 0 Å². The van der Waals surface area contributed by atoms with Gasteiger partial charge >= 0.3 is 0 Å². The van der Waals surface area contributed by atoms with Gasteiger partial charge in [-0.1, -0.05) is 242 Å². The van der Waals surface area contributed by atoms with Gasteiger partial charge in [-0.25, -0.2) is 0 Å². The van der Waals surface area contributed by atoms with E-state index in [1.807, 2.05) is 84.3 Å². The molecule has 3 nitrogen and oxygen atoms in total. The number of terminal acetylenes is 1. The average molecular weight is 1240 g/mol. The molecule has 0 amide bonds. The predicted octanol–water partition coefficient (Wildman–Crippen LogP) is 25.5. The van der Waals surface area contributed by atoms with Gasteiger partial charge in [-0.3, -0.25) is 4.98 Å². The normalized spacial score (nSPS) is 12.1. The van der Waals surface area contributed by atoms with Crippen LogP contribution in [0.25, 0.3) is 127 Å². The van der Waals surface area contributed by atoms with Gasteiger partial charge in [0.15, 0.2) is 0 Å². The number of nitrogens with zero attached hydrogens (tertiary/aromatic N) is 3. The number of aromatic nitrogens is 2. The first-order valence-corrected chi connectivity index (χ1v) is 33.7. The molecule has 0 radical (unpaired) electrons. The van der Waals surface area contributed by atoms with Crippen LogP contribution in [0.3, 0.4) is 0 Å². The number of anilines is 1. The highest BCUT2D eigenvalue weighted by atomic mass is 15.1. The zero-order chi connectivity index (χ0) is 67.7. The molecule has 0 fully saturated rings. The Bertz CT molecular complexity index is 5010. The van der Waals surface area contributed by atoms with Gasteiger partial charge in [-0.05, 0) is 236 Å². The van der Waals surface area contributed by atoms with E-state index in [4.69, 9.17) is 4.98 Å². The van der Waals surface area contributed by atoms with Crippen molar-refractivity contribution in [2.24, 2.45) is 0 Å². The number of hydrogen-bond donors (Lipinski definition) is 0. The Morgan fingerprint density at radius 2 is 1.14 bits per heavy atom. The van der Waals surface area contributed by atoms with Crippen molar-refractivity contribution < 1.29 is 0 Å². The van der Waals surface area contributed by atoms with Crippen LogP contribution in [0.1, 0.15) is 104 Å². The van der Waals surface area contributed by atoms with E-state index < -0.39 is 0 Å². The van der Waals surface area contributed by atoms with Crippen LogP contribution in [0.5, 0.6) is 0 Å². The van der Waals surface area contributed by atoms with Crippen molar-refractivity contribution in [3.05, 3.63) is 307 Å². The number of rotatable bonds is 15. The third-order valence-electron chi connectivity index (χ3n) is 17.6. The molecule has 12 aromatic rings. The highest BCUT2D eigenvalue weighted by Crippen LogP contribution is 2.44. The fraction of sp³-hybridized carbons (Fsp3) is 0.163. The fourth-order valence-electron chi connectivity index (χ4n) is 13.4. The molecule has 0 saturated carbocycles. The summed E-state index contributed by atoms with van der Waals surface area (Å²) in [7, 11) is 0. The second kappa shape index (κ2) is 32.2. The molecule has 2 heterocycles. The van der Waals surface area contributed by atoms with Crippen molar-refractivity contribution >= 4 is 71.7 Å². The molecule has 1 aliphatic carbocycles. The van der Waals surface area contributed by atoms with E-state index in [0.29, 0.717) is 0 Å². The van der Waals surface area contributed by atoms with Crippen LogP contribution in [0.15, 0.2) is 274 Å². The molecule has 2 aromatic heterocycles. The Morgan fingerprint density at radius 3 is 1.74 bits per heavy atom. The van der Waals surface area contributed by atoms with E-state index in [9.17, 15) is 0 Å². The fourth-order valence-corrected chi connectivity index (χ4v) is 13.4. The Kier molecular flexibility index (Phi) is 23.2. The van der Waals surface area contributed by atoms with Crippen molar-refractivity contribution in [1.29, 1.82) is 0 Å². The van der Waals surface area contributed by atoms with Gasteiger partial charge in [-0.15, -0.1) is 12.8 Å². The first-order valence-electron chi connectivity index (χ1n) is 33.7. The van der Waals surface area contributed by atoms with Gasteiger partial charge in [0, 0.05) is 64.6 Å². The number of aryl methyl sites for hydroxylation is 1. The maximum Gasteiger partial charge on any atom is 0.0482 e. The van der Waals surface area contributed by atoms with Crippen LogP contribution >= 0.6 is 0 Å². The molecule has 1 aliphatic rings. The van der Waals surface area contributed by atoms with E-state index in [1.54, 1.807) is 0 Å². The maximum absolute atomic E-state index is 5.01. The summed E-state index contributed by atoms with van der Waals surface area (Å²) in [5.41, 5.74) is 22.2. The number of pyridine rings is 1. The van der Waals surface area contributed by atoms with Crippen LogP contribution in [-0.2, 0) is 19.3 Å². The topological polar surface area (TPSA) is 21.1 Å². The summed E-state index contributed by atoms with van der Waals surface area (Å²) < 4.78 is 2.48. The Morgan fingerprint density at radius 1 is 0.579 bits per heavy atom. The monoisotopic (exact) mass is 1240 g/mol. The summed E-state index contributed by atoms with van der Waals surface area (Å²) in [5, 5.41) is 14.2. The zero-order valence-corrected chi connectivity index (χ0v) is 57.9. The standard InChI is InChI=1S/C82H69N3.C4H8.2C2H6.C2H2/c1-9-14-16-24-72-54(8)85(78-26-18-15-17-25-75(72)78)71-48-64(47-70(49-71)84(52-53(6)7)69(20-10-2)21-11-3)57-28-30-58(31-29-57)67-46-68(51-83-50-67)63-43-65(73-39-36-61-32-27-55(12-4)79-56(13-5)35-41-76(73)81(61)79)45-66(44-63)74-40-37-62-34-33-59-22-19-23-60-38-42-77(74)82(62)80(59)60;1-3-4-2;3*1-2/h9-12,14-23,25,27-52H,1-2,13,24,26H2,3-8H3;3-4H,1-2H3;2*1-2H3;1-2H/b16-14-,21-11-,55-12-,69-20+;4-3-;;;. The van der Waals surface area contributed by atoms with Gasteiger partial charge in [0.1, 0.15) is 0 Å². The highest BCUT2D eigenvalue weighted by Gasteiger charge is 2.23. The van der Waals surface area contributed by atoms with Gasteiger partial charge in [-0.2, -0.15) is 0 Å². The minimum atomic E-state index is 0.814. The van der Waals surface area contributed by atoms with Crippen molar-refractivity contribution in [3.63, 3.8) is 0 Å². The molecule has 0 unspecified atom stereocenters. The third-order valence-corrected chi connectivity index (χ3v) is 17.6. The highest BCUT2D eigenvalue weighted by molar-refractivity contribution is 6.25. The predicted molar refractivity (Wildman–Crippen MR) is 422 cm³/mol. The Balaban J connectivity index is 0.00000101. The molecular weight excluding hydrogens is 1150 g/mol. The number of allylic oxidation sites excluding steroid dienone is 13. The Labute approximate surface area is 566 Å². The zero-order valence-electron chi connectivity index (χ0n) is 57.9. The third kappa shape index (κ3) is 14.1. The lowest BCUT2D eigenvalue weighted by Crippen LogP contribution is -2.15. The quantitative estimate of drug-likeness (QED) is 0.0441. The summed E-state index contributed by atoms with van der Waals surface area (Å²) in [4.78, 5) is 7.30. The molecule has 10 aromatic carbocycles. The summed E-state index contributed by atoms with van der Waals surface area (Å²) in [6.07, 6.45) is 46.3. The molecule has 0 spiro atoms. The summed E-state index contributed by atoms with van der Waals surface area (Å²) in [5.74, 6) is 0. The summed E-state index contributed by atoms with van der Waals surface area (Å²) >= 11 is 0. The molecule has 0 N–H and O–H groups in total. The molecule has 3 heteroatoms. The van der Waals surface area contributed by atoms with Gasteiger partial charge < -0.3 is 9.47 Å². The lowest BCUT2D eigenvalue weighted by atomic mass is 9.86. The minimum Gasteiger partial charge on any atom is -0.317 e. The smallest absolute Gasteiger partial charge is 0.0482 e. The van der Waals surface area contributed by atoms with Crippen molar-refractivity contribution in [2.45, 2.75) is 102 Å². The molecule has 0 saturated heterocycles. The molecule has 474 valence electrons. The first kappa shape index (κ1) is 68.6. The van der Waals surface area contributed by atoms with Crippen LogP contribution in [0, 0.1) is 19.8 Å². The lowest BCUT2D eigenvalue weighted by Gasteiger charge is -2.25. The summed E-state index contributed by atoms with van der Waals surface area (Å²) in [6.45, 7) is 33.1. The molecular formula is C92H91N3. The average Bonchev–Trinajstić information content (AvgIpc) is 1.61. The van der Waals surface area contributed by atoms with Crippen LogP contribution < -0.4 is 10.1 Å². The van der Waals surface area contributed by atoms with E-state index in [1.165, 1.54) is 115 Å². The molecule has 0 bridgehead atoms. The van der Waals surface area contributed by atoms with Gasteiger partial charge in [0.25, 0.3) is 0 Å². The van der Waals surface area contributed by atoms with Gasteiger partial charge in [0.05, 0.1) is 0 Å². The number of benzene rings is 10. The molecule has 95 heavy (non-hydrogen) atoms. The molecule has 0 aliphatic heterocycles. The van der Waals surface area contributed by atoms with Crippen LogP contribution in [0.4, 0.5) is 5.69 Å². The van der Waals surface area contributed by atoms with Crippen LogP contribution in [0.2, 0.25) is 0 Å². The van der Waals surface area contributed by atoms with Crippen molar-refractivity contribution in [3.8, 4) is 74.2 Å². The van der Waals surface area contributed by atoms with E-state index in [0.717, 1.165) is 69.7 Å². The second-order valence-electron chi connectivity index (χ2n) is 23.4.